The predicted octanol–water partition coefficient (Wildman–Crippen LogP) is 2.57. The third kappa shape index (κ3) is 5.16. The molecule has 0 spiro atoms. The maximum atomic E-state index is 12.4. The Labute approximate surface area is 152 Å². The third-order valence-corrected chi connectivity index (χ3v) is 5.61. The van der Waals surface area contributed by atoms with Gasteiger partial charge >= 0.3 is 0 Å². The molecule has 0 aromatic heterocycles. The van der Waals surface area contributed by atoms with Crippen molar-refractivity contribution >= 4 is 12.0 Å². The molecule has 1 atom stereocenters. The first kappa shape index (κ1) is 18.2. The van der Waals surface area contributed by atoms with Crippen LogP contribution in [0.5, 0.6) is 0 Å². The van der Waals surface area contributed by atoms with E-state index in [-0.39, 0.29) is 5.91 Å². The Morgan fingerprint density at radius 1 is 1.12 bits per heavy atom. The zero-order valence-corrected chi connectivity index (χ0v) is 15.6. The first-order chi connectivity index (χ1) is 12.1. The topological polar surface area (TPSA) is 26.8 Å². The monoisotopic (exact) mass is 341 g/mol. The summed E-state index contributed by atoms with van der Waals surface area (Å²) < 4.78 is 0. The average molecular weight is 341 g/mol. The van der Waals surface area contributed by atoms with Crippen molar-refractivity contribution < 1.29 is 4.79 Å². The van der Waals surface area contributed by atoms with Crippen molar-refractivity contribution in [2.75, 3.05) is 46.3 Å². The van der Waals surface area contributed by atoms with Crippen molar-refractivity contribution in [1.82, 2.24) is 14.7 Å². The van der Waals surface area contributed by atoms with Gasteiger partial charge in [-0.05, 0) is 44.4 Å². The first-order valence-electron chi connectivity index (χ1n) is 9.56. The molecule has 1 aromatic carbocycles. The highest BCUT2D eigenvalue weighted by Crippen LogP contribution is 2.21. The number of amides is 1. The highest BCUT2D eigenvalue weighted by molar-refractivity contribution is 5.91. The van der Waals surface area contributed by atoms with E-state index < -0.39 is 0 Å². The maximum absolute atomic E-state index is 12.4. The van der Waals surface area contributed by atoms with Gasteiger partial charge in [-0.2, -0.15) is 0 Å². The minimum absolute atomic E-state index is 0.148. The largest absolute Gasteiger partial charge is 0.339 e. The summed E-state index contributed by atoms with van der Waals surface area (Å²) >= 11 is 0. The molecular formula is C21H31N3O. The molecule has 3 rings (SSSR count). The fourth-order valence-electron chi connectivity index (χ4n) is 3.95. The molecular weight excluding hydrogens is 310 g/mol. The van der Waals surface area contributed by atoms with E-state index in [0.717, 1.165) is 37.4 Å². The number of carbonyl (C=O) groups is 1. The number of benzene rings is 1. The molecule has 1 unspecified atom stereocenters. The fraction of sp³-hybridized carbons (Fsp3) is 0.571. The molecule has 2 fully saturated rings. The van der Waals surface area contributed by atoms with E-state index in [0.29, 0.717) is 6.04 Å². The van der Waals surface area contributed by atoms with E-state index in [4.69, 9.17) is 0 Å². The Bertz CT molecular complexity index is 578. The number of hydrogen-bond acceptors (Lipinski definition) is 3. The van der Waals surface area contributed by atoms with Gasteiger partial charge in [0.25, 0.3) is 0 Å². The number of piperidine rings is 1. The van der Waals surface area contributed by atoms with Gasteiger partial charge in [0.05, 0.1) is 0 Å². The van der Waals surface area contributed by atoms with Gasteiger partial charge < -0.3 is 9.80 Å². The van der Waals surface area contributed by atoms with E-state index in [1.54, 1.807) is 6.08 Å². The van der Waals surface area contributed by atoms with Gasteiger partial charge in [-0.15, -0.1) is 0 Å². The first-order valence-corrected chi connectivity index (χ1v) is 9.56. The lowest BCUT2D eigenvalue weighted by Gasteiger charge is -2.41. The second-order valence-corrected chi connectivity index (χ2v) is 7.62. The maximum Gasteiger partial charge on any atom is 0.246 e. The van der Waals surface area contributed by atoms with Gasteiger partial charge in [0.2, 0.25) is 5.91 Å². The van der Waals surface area contributed by atoms with Crippen molar-refractivity contribution in [2.45, 2.75) is 25.8 Å². The van der Waals surface area contributed by atoms with Crippen LogP contribution in [-0.4, -0.2) is 73.0 Å². The molecule has 2 aliphatic heterocycles. The minimum Gasteiger partial charge on any atom is -0.339 e. The zero-order valence-electron chi connectivity index (χ0n) is 15.6. The summed E-state index contributed by atoms with van der Waals surface area (Å²) in [7, 11) is 2.21. The lowest BCUT2D eigenvalue weighted by molar-refractivity contribution is -0.127. The number of likely N-dealkylation sites (N-methyl/N-ethyl adjacent to an activating group) is 1. The summed E-state index contributed by atoms with van der Waals surface area (Å²) in [5.41, 5.74) is 1.08. The Kier molecular flexibility index (Phi) is 6.27. The Morgan fingerprint density at radius 3 is 2.52 bits per heavy atom. The van der Waals surface area contributed by atoms with Crippen LogP contribution >= 0.6 is 0 Å². The zero-order chi connectivity index (χ0) is 17.6. The molecule has 1 amide bonds. The lowest BCUT2D eigenvalue weighted by atomic mass is 9.95. The molecule has 136 valence electrons. The molecule has 25 heavy (non-hydrogen) atoms. The molecule has 4 nitrogen and oxygen atoms in total. The van der Waals surface area contributed by atoms with E-state index in [1.807, 2.05) is 41.3 Å². The molecule has 2 heterocycles. The number of likely N-dealkylation sites (tertiary alicyclic amines) is 1. The summed E-state index contributed by atoms with van der Waals surface area (Å²) in [4.78, 5) is 19.4. The van der Waals surface area contributed by atoms with E-state index in [9.17, 15) is 4.79 Å². The van der Waals surface area contributed by atoms with Gasteiger partial charge in [-0.3, -0.25) is 9.69 Å². The van der Waals surface area contributed by atoms with Crippen LogP contribution in [0.1, 0.15) is 25.3 Å². The summed E-state index contributed by atoms with van der Waals surface area (Å²) in [6.45, 7) is 8.83. The van der Waals surface area contributed by atoms with Crippen LogP contribution in [0.4, 0.5) is 0 Å². The predicted molar refractivity (Wildman–Crippen MR) is 103 cm³/mol. The number of rotatable bonds is 4. The van der Waals surface area contributed by atoms with Crippen molar-refractivity contribution in [3.8, 4) is 0 Å². The van der Waals surface area contributed by atoms with Crippen molar-refractivity contribution in [2.24, 2.45) is 5.92 Å². The van der Waals surface area contributed by atoms with Gasteiger partial charge in [0.1, 0.15) is 0 Å². The molecule has 2 aliphatic rings. The van der Waals surface area contributed by atoms with Crippen LogP contribution in [0.3, 0.4) is 0 Å². The number of nitrogens with zero attached hydrogens (tertiary/aromatic N) is 3. The molecule has 1 aromatic rings. The fourth-order valence-corrected chi connectivity index (χ4v) is 3.95. The van der Waals surface area contributed by atoms with Gasteiger partial charge in [0, 0.05) is 51.4 Å². The van der Waals surface area contributed by atoms with Crippen molar-refractivity contribution in [3.05, 3.63) is 42.0 Å². The second kappa shape index (κ2) is 8.63. The molecule has 4 heteroatoms. The van der Waals surface area contributed by atoms with Crippen molar-refractivity contribution in [3.63, 3.8) is 0 Å². The molecule has 0 bridgehead atoms. The molecule has 0 N–H and O–H groups in total. The highest BCUT2D eigenvalue weighted by Gasteiger charge is 2.27. The van der Waals surface area contributed by atoms with Gasteiger partial charge in [0.15, 0.2) is 0 Å². The average Bonchev–Trinajstić information content (AvgIpc) is 2.63. The quantitative estimate of drug-likeness (QED) is 0.788. The third-order valence-electron chi connectivity index (χ3n) is 5.61. The summed E-state index contributed by atoms with van der Waals surface area (Å²) in [5.74, 6) is 0.878. The minimum atomic E-state index is 0.148. The SMILES string of the molecule is CC1CN(C)CCN1CC1CCN(C(=O)/C=C/c2ccccc2)CC1. The normalized spacial score (nSPS) is 24.1. The summed E-state index contributed by atoms with van der Waals surface area (Å²) in [6, 6.07) is 10.7. The van der Waals surface area contributed by atoms with Gasteiger partial charge in [-0.25, -0.2) is 0 Å². The molecule has 0 saturated carbocycles. The smallest absolute Gasteiger partial charge is 0.246 e. The lowest BCUT2D eigenvalue weighted by Crippen LogP contribution is -2.52. The van der Waals surface area contributed by atoms with E-state index in [2.05, 4.69) is 23.8 Å². The van der Waals surface area contributed by atoms with Crippen LogP contribution in [0.25, 0.3) is 6.08 Å². The van der Waals surface area contributed by atoms with Crippen LogP contribution in [0, 0.1) is 5.92 Å². The Hall–Kier alpha value is -1.65. The molecule has 0 radical (unpaired) electrons. The molecule has 2 saturated heterocycles. The molecule has 0 aliphatic carbocycles. The summed E-state index contributed by atoms with van der Waals surface area (Å²) in [6.07, 6.45) is 5.90. The second-order valence-electron chi connectivity index (χ2n) is 7.62. The Balaban J connectivity index is 1.44. The number of piperazine rings is 1. The van der Waals surface area contributed by atoms with Gasteiger partial charge in [-0.1, -0.05) is 30.3 Å². The standard InChI is InChI=1S/C21H31N3O/c1-18-16-22(2)14-15-24(18)17-20-10-12-23(13-11-20)21(25)9-8-19-6-4-3-5-7-19/h3-9,18,20H,10-17H2,1-2H3/b9-8+. The van der Waals surface area contributed by atoms with Crippen LogP contribution in [0.2, 0.25) is 0 Å². The highest BCUT2D eigenvalue weighted by atomic mass is 16.2. The number of carbonyl (C=O) groups excluding carboxylic acids is 1. The summed E-state index contributed by atoms with van der Waals surface area (Å²) in [5, 5.41) is 0. The number of hydrogen-bond donors (Lipinski definition) is 0. The van der Waals surface area contributed by atoms with Crippen LogP contribution in [0.15, 0.2) is 36.4 Å². The van der Waals surface area contributed by atoms with Crippen LogP contribution in [-0.2, 0) is 4.79 Å². The van der Waals surface area contributed by atoms with E-state index >= 15 is 0 Å². The van der Waals surface area contributed by atoms with Crippen molar-refractivity contribution in [1.29, 1.82) is 0 Å². The Morgan fingerprint density at radius 2 is 1.84 bits per heavy atom. The van der Waals surface area contributed by atoms with Crippen LogP contribution < -0.4 is 0 Å². The van der Waals surface area contributed by atoms with E-state index in [1.165, 1.54) is 26.2 Å².